The molecule has 1 N–H and O–H groups in total. The average Bonchev–Trinajstić information content (AvgIpc) is 2.83. The summed E-state index contributed by atoms with van der Waals surface area (Å²) < 4.78 is 5.51. The first-order chi connectivity index (χ1) is 9.34. The van der Waals surface area contributed by atoms with E-state index in [9.17, 15) is 9.90 Å². The lowest BCUT2D eigenvalue weighted by Crippen LogP contribution is -2.16. The Balaban J connectivity index is 2.62. The van der Waals surface area contributed by atoms with E-state index < -0.39 is 5.97 Å². The van der Waals surface area contributed by atoms with Crippen molar-refractivity contribution in [2.75, 3.05) is 6.26 Å². The van der Waals surface area contributed by atoms with Gasteiger partial charge in [0.2, 0.25) is 11.7 Å². The van der Waals surface area contributed by atoms with Gasteiger partial charge in [0.1, 0.15) is 5.69 Å². The largest absolute Gasteiger partial charge is 0.475 e. The molecule has 0 saturated heterocycles. The van der Waals surface area contributed by atoms with Gasteiger partial charge in [-0.2, -0.15) is 0 Å². The van der Waals surface area contributed by atoms with Gasteiger partial charge in [0.25, 0.3) is 0 Å². The second-order valence-electron chi connectivity index (χ2n) is 5.45. The molecule has 0 atom stereocenters. The van der Waals surface area contributed by atoms with Gasteiger partial charge in [0.15, 0.2) is 0 Å². The van der Waals surface area contributed by atoms with Crippen molar-refractivity contribution in [1.82, 2.24) is 4.98 Å². The molecular weight excluding hydrogens is 274 g/mol. The molecular formula is C15H17NO3S. The second kappa shape index (κ2) is 5.32. The number of aromatic carboxylic acids is 1. The molecule has 0 aliphatic rings. The van der Waals surface area contributed by atoms with Gasteiger partial charge in [-0.05, 0) is 18.4 Å². The van der Waals surface area contributed by atoms with E-state index in [2.05, 4.69) is 4.98 Å². The maximum Gasteiger partial charge on any atom is 0.373 e. The number of hydrogen-bond donors (Lipinski definition) is 1. The molecule has 0 saturated carbocycles. The highest BCUT2D eigenvalue weighted by molar-refractivity contribution is 7.98. The van der Waals surface area contributed by atoms with Crippen LogP contribution >= 0.6 is 11.8 Å². The number of aromatic nitrogens is 1. The predicted octanol–water partition coefficient (Wildman–Crippen LogP) is 4.06. The van der Waals surface area contributed by atoms with Crippen LogP contribution in [0.3, 0.4) is 0 Å². The van der Waals surface area contributed by atoms with Crippen molar-refractivity contribution in [3.05, 3.63) is 35.7 Å². The van der Waals surface area contributed by atoms with Gasteiger partial charge < -0.3 is 9.52 Å². The summed E-state index contributed by atoms with van der Waals surface area (Å²) in [7, 11) is 0. The fourth-order valence-electron chi connectivity index (χ4n) is 1.91. The molecule has 0 aliphatic carbocycles. The highest BCUT2D eigenvalue weighted by Crippen LogP contribution is 2.34. The molecule has 0 amide bonds. The Morgan fingerprint density at radius 1 is 1.30 bits per heavy atom. The lowest BCUT2D eigenvalue weighted by atomic mass is 9.91. The van der Waals surface area contributed by atoms with Crippen LogP contribution in [0.1, 0.15) is 37.0 Å². The van der Waals surface area contributed by atoms with Crippen LogP contribution in [0, 0.1) is 0 Å². The zero-order chi connectivity index (χ0) is 14.9. The van der Waals surface area contributed by atoms with Crippen LogP contribution in [0.2, 0.25) is 0 Å². The maximum atomic E-state index is 11.3. The van der Waals surface area contributed by atoms with E-state index in [1.165, 1.54) is 0 Å². The fraction of sp³-hybridized carbons (Fsp3) is 0.333. The molecule has 106 valence electrons. The number of thioether (sulfide) groups is 1. The number of carboxylic acids is 1. The summed E-state index contributed by atoms with van der Waals surface area (Å²) in [6.45, 7) is 5.75. The number of rotatable bonds is 3. The summed E-state index contributed by atoms with van der Waals surface area (Å²) in [4.78, 5) is 16.8. The summed E-state index contributed by atoms with van der Waals surface area (Å²) >= 11 is 1.57. The standard InChI is InChI=1S/C15H17NO3S/c1-15(2,3)12-11(14(17)18)19-13(16-12)9-7-5-6-8-10(9)20-4/h5-8H,1-4H3,(H,17,18). The third-order valence-electron chi connectivity index (χ3n) is 2.87. The summed E-state index contributed by atoms with van der Waals surface area (Å²) in [6.07, 6.45) is 1.96. The minimum atomic E-state index is -1.09. The van der Waals surface area contributed by atoms with Crippen molar-refractivity contribution >= 4 is 17.7 Å². The minimum Gasteiger partial charge on any atom is -0.475 e. The van der Waals surface area contributed by atoms with E-state index in [0.717, 1.165) is 10.5 Å². The van der Waals surface area contributed by atoms with Crippen LogP contribution in [0.5, 0.6) is 0 Å². The van der Waals surface area contributed by atoms with E-state index in [1.807, 2.05) is 51.3 Å². The molecule has 1 aromatic heterocycles. The highest BCUT2D eigenvalue weighted by Gasteiger charge is 2.29. The Labute approximate surface area is 122 Å². The molecule has 1 aromatic carbocycles. The first kappa shape index (κ1) is 14.7. The Morgan fingerprint density at radius 3 is 2.45 bits per heavy atom. The molecule has 2 aromatic rings. The zero-order valence-electron chi connectivity index (χ0n) is 11.9. The number of benzene rings is 1. The first-order valence-electron chi connectivity index (χ1n) is 6.22. The summed E-state index contributed by atoms with van der Waals surface area (Å²) in [5.74, 6) is -0.809. The van der Waals surface area contributed by atoms with E-state index in [0.29, 0.717) is 11.6 Å². The average molecular weight is 291 g/mol. The SMILES string of the molecule is CSc1ccccc1-c1nc(C(C)(C)C)c(C(=O)O)o1. The quantitative estimate of drug-likeness (QED) is 0.864. The maximum absolute atomic E-state index is 11.3. The lowest BCUT2D eigenvalue weighted by Gasteiger charge is -2.14. The molecule has 0 unspecified atom stereocenters. The summed E-state index contributed by atoms with van der Waals surface area (Å²) in [5.41, 5.74) is 0.901. The molecule has 4 nitrogen and oxygen atoms in total. The molecule has 0 radical (unpaired) electrons. The first-order valence-corrected chi connectivity index (χ1v) is 7.45. The molecule has 0 fully saturated rings. The van der Waals surface area contributed by atoms with Gasteiger partial charge in [-0.25, -0.2) is 9.78 Å². The van der Waals surface area contributed by atoms with Crippen LogP contribution in [0.15, 0.2) is 33.6 Å². The van der Waals surface area contributed by atoms with Crippen molar-refractivity contribution in [1.29, 1.82) is 0 Å². The monoisotopic (exact) mass is 291 g/mol. The zero-order valence-corrected chi connectivity index (χ0v) is 12.7. The van der Waals surface area contributed by atoms with Gasteiger partial charge in [0, 0.05) is 10.3 Å². The molecule has 0 spiro atoms. The third-order valence-corrected chi connectivity index (χ3v) is 3.67. The normalized spacial score (nSPS) is 11.6. The Morgan fingerprint density at radius 2 is 1.95 bits per heavy atom. The van der Waals surface area contributed by atoms with E-state index in [4.69, 9.17) is 4.42 Å². The smallest absolute Gasteiger partial charge is 0.373 e. The number of oxazole rings is 1. The lowest BCUT2D eigenvalue weighted by molar-refractivity contribution is 0.0659. The fourth-order valence-corrected chi connectivity index (χ4v) is 2.50. The minimum absolute atomic E-state index is 0.0802. The van der Waals surface area contributed by atoms with Crippen LogP contribution in [0.25, 0.3) is 11.5 Å². The molecule has 20 heavy (non-hydrogen) atoms. The van der Waals surface area contributed by atoms with Crippen molar-refractivity contribution in [2.45, 2.75) is 31.1 Å². The number of nitrogens with zero attached hydrogens (tertiary/aromatic N) is 1. The number of carboxylic acid groups (broad SMARTS) is 1. The Hall–Kier alpha value is -1.75. The highest BCUT2D eigenvalue weighted by atomic mass is 32.2. The molecule has 0 aliphatic heterocycles. The number of hydrogen-bond acceptors (Lipinski definition) is 4. The van der Waals surface area contributed by atoms with E-state index in [-0.39, 0.29) is 11.2 Å². The number of carbonyl (C=O) groups is 1. The van der Waals surface area contributed by atoms with Crippen LogP contribution in [-0.4, -0.2) is 22.3 Å². The van der Waals surface area contributed by atoms with Gasteiger partial charge in [-0.15, -0.1) is 11.8 Å². The van der Waals surface area contributed by atoms with Gasteiger partial charge in [-0.3, -0.25) is 0 Å². The predicted molar refractivity (Wildman–Crippen MR) is 79.4 cm³/mol. The topological polar surface area (TPSA) is 63.3 Å². The van der Waals surface area contributed by atoms with E-state index in [1.54, 1.807) is 11.8 Å². The molecule has 2 rings (SSSR count). The van der Waals surface area contributed by atoms with Crippen molar-refractivity contribution in [2.24, 2.45) is 0 Å². The van der Waals surface area contributed by atoms with Crippen LogP contribution in [-0.2, 0) is 5.41 Å². The van der Waals surface area contributed by atoms with Crippen molar-refractivity contribution < 1.29 is 14.3 Å². The van der Waals surface area contributed by atoms with Gasteiger partial charge >= 0.3 is 5.97 Å². The summed E-state index contributed by atoms with van der Waals surface area (Å²) in [6, 6.07) is 7.66. The summed E-state index contributed by atoms with van der Waals surface area (Å²) in [5, 5.41) is 9.28. The van der Waals surface area contributed by atoms with Crippen molar-refractivity contribution in [3.8, 4) is 11.5 Å². The molecule has 1 heterocycles. The van der Waals surface area contributed by atoms with Crippen molar-refractivity contribution in [3.63, 3.8) is 0 Å². The Kier molecular flexibility index (Phi) is 3.90. The Bertz CT molecular complexity index is 641. The van der Waals surface area contributed by atoms with Gasteiger partial charge in [0.05, 0.1) is 5.56 Å². The van der Waals surface area contributed by atoms with Crippen LogP contribution < -0.4 is 0 Å². The van der Waals surface area contributed by atoms with E-state index >= 15 is 0 Å². The molecule has 5 heteroatoms. The van der Waals surface area contributed by atoms with Crippen LogP contribution in [0.4, 0.5) is 0 Å². The second-order valence-corrected chi connectivity index (χ2v) is 6.30. The van der Waals surface area contributed by atoms with Gasteiger partial charge in [-0.1, -0.05) is 32.9 Å². The third kappa shape index (κ3) is 2.72. The molecule has 0 bridgehead atoms.